The summed E-state index contributed by atoms with van der Waals surface area (Å²) in [7, 11) is 0. The first kappa shape index (κ1) is 22.0. The van der Waals surface area contributed by atoms with Gasteiger partial charge in [-0.3, -0.25) is 4.79 Å². The topological polar surface area (TPSA) is 71.2 Å². The number of rotatable bonds is 13. The second-order valence-electron chi connectivity index (χ2n) is 7.27. The van der Waals surface area contributed by atoms with Crippen molar-refractivity contribution in [3.8, 4) is 0 Å². The van der Waals surface area contributed by atoms with E-state index in [2.05, 4.69) is 17.2 Å². The fraction of sp³-hybridized carbons (Fsp3) is 0.565. The number of H-pyrrole nitrogens is 1. The smallest absolute Gasteiger partial charge is 0.356 e. The molecule has 2 rings (SSSR count). The molecule has 0 unspecified atom stereocenters. The first-order chi connectivity index (χ1) is 13.7. The van der Waals surface area contributed by atoms with Crippen LogP contribution in [0.2, 0.25) is 0 Å². The molecule has 1 amide bonds. The van der Waals surface area contributed by atoms with Gasteiger partial charge >= 0.3 is 5.97 Å². The van der Waals surface area contributed by atoms with E-state index < -0.39 is 5.97 Å². The second-order valence-corrected chi connectivity index (χ2v) is 7.27. The molecule has 154 valence electrons. The molecule has 5 heteroatoms. The van der Waals surface area contributed by atoms with Crippen molar-refractivity contribution in [3.05, 3.63) is 30.0 Å². The Balaban J connectivity index is 1.82. The third-order valence-corrected chi connectivity index (χ3v) is 4.96. The molecule has 0 spiro atoms. The highest BCUT2D eigenvalue weighted by molar-refractivity contribution is 6.10. The number of benzene rings is 1. The molecule has 2 aromatic rings. The van der Waals surface area contributed by atoms with Crippen LogP contribution in [-0.2, 0) is 9.53 Å². The minimum atomic E-state index is -0.447. The molecule has 0 saturated carbocycles. The van der Waals surface area contributed by atoms with Crippen LogP contribution in [-0.4, -0.2) is 23.5 Å². The van der Waals surface area contributed by atoms with Gasteiger partial charge in [0, 0.05) is 17.3 Å². The zero-order valence-electron chi connectivity index (χ0n) is 17.3. The standard InChI is InChI=1S/C23H34N2O3/c1-3-5-6-7-8-9-10-11-12-17-20(26)25-21-18-15-13-14-16-19(18)24-22(21)23(27)28-4-2/h13-16,24H,3-12,17H2,1-2H3,(H,25,26). The van der Waals surface area contributed by atoms with Crippen molar-refractivity contribution >= 4 is 28.5 Å². The second kappa shape index (κ2) is 12.2. The molecular weight excluding hydrogens is 352 g/mol. The number of hydrogen-bond donors (Lipinski definition) is 2. The molecule has 28 heavy (non-hydrogen) atoms. The first-order valence-electron chi connectivity index (χ1n) is 10.7. The fourth-order valence-electron chi connectivity index (χ4n) is 3.43. The van der Waals surface area contributed by atoms with Crippen LogP contribution in [0.5, 0.6) is 0 Å². The number of aromatic amines is 1. The minimum Gasteiger partial charge on any atom is -0.461 e. The number of aromatic nitrogens is 1. The lowest BCUT2D eigenvalue weighted by Crippen LogP contribution is -2.15. The third-order valence-electron chi connectivity index (χ3n) is 4.96. The Morgan fingerprint density at radius 1 is 0.929 bits per heavy atom. The largest absolute Gasteiger partial charge is 0.461 e. The number of ether oxygens (including phenoxy) is 1. The summed E-state index contributed by atoms with van der Waals surface area (Å²) in [6.07, 6.45) is 11.4. The SMILES string of the molecule is CCCCCCCCCCCC(=O)Nc1c(C(=O)OCC)[nH]c2ccccc12. The molecule has 1 aromatic heterocycles. The van der Waals surface area contributed by atoms with Crippen LogP contribution < -0.4 is 5.32 Å². The average molecular weight is 387 g/mol. The van der Waals surface area contributed by atoms with Gasteiger partial charge in [-0.2, -0.15) is 0 Å². The number of carbonyl (C=O) groups is 2. The number of hydrogen-bond acceptors (Lipinski definition) is 3. The van der Waals surface area contributed by atoms with Gasteiger partial charge in [0.2, 0.25) is 5.91 Å². The van der Waals surface area contributed by atoms with E-state index in [0.717, 1.165) is 23.7 Å². The van der Waals surface area contributed by atoms with E-state index in [9.17, 15) is 9.59 Å². The van der Waals surface area contributed by atoms with E-state index >= 15 is 0 Å². The maximum absolute atomic E-state index is 12.4. The van der Waals surface area contributed by atoms with Gasteiger partial charge < -0.3 is 15.0 Å². The third kappa shape index (κ3) is 6.70. The van der Waals surface area contributed by atoms with E-state index in [1.807, 2.05) is 24.3 Å². The molecule has 0 atom stereocenters. The average Bonchev–Trinajstić information content (AvgIpc) is 3.05. The first-order valence-corrected chi connectivity index (χ1v) is 10.7. The minimum absolute atomic E-state index is 0.0572. The van der Waals surface area contributed by atoms with Crippen molar-refractivity contribution in [1.29, 1.82) is 0 Å². The summed E-state index contributed by atoms with van der Waals surface area (Å²) in [5.41, 5.74) is 1.64. The summed E-state index contributed by atoms with van der Waals surface area (Å²) in [6.45, 7) is 4.29. The van der Waals surface area contributed by atoms with Crippen LogP contribution in [0.15, 0.2) is 24.3 Å². The van der Waals surface area contributed by atoms with Gasteiger partial charge in [-0.15, -0.1) is 0 Å². The van der Waals surface area contributed by atoms with Gasteiger partial charge in [-0.05, 0) is 19.4 Å². The molecule has 1 heterocycles. The highest BCUT2D eigenvalue weighted by atomic mass is 16.5. The molecule has 5 nitrogen and oxygen atoms in total. The Labute approximate surface area is 168 Å². The fourth-order valence-corrected chi connectivity index (χ4v) is 3.43. The van der Waals surface area contributed by atoms with E-state index in [1.54, 1.807) is 6.92 Å². The number of unbranched alkanes of at least 4 members (excludes halogenated alkanes) is 8. The number of amides is 1. The maximum Gasteiger partial charge on any atom is 0.356 e. The molecule has 0 aliphatic heterocycles. The lowest BCUT2D eigenvalue weighted by molar-refractivity contribution is -0.116. The number of esters is 1. The van der Waals surface area contributed by atoms with Crippen LogP contribution in [0.25, 0.3) is 10.9 Å². The molecule has 1 aromatic carbocycles. The lowest BCUT2D eigenvalue weighted by Gasteiger charge is -2.07. The zero-order valence-corrected chi connectivity index (χ0v) is 17.3. The predicted octanol–water partition coefficient (Wildman–Crippen LogP) is 6.20. The molecular formula is C23H34N2O3. The van der Waals surface area contributed by atoms with Gasteiger partial charge in [0.1, 0.15) is 5.69 Å². The molecule has 0 bridgehead atoms. The van der Waals surface area contributed by atoms with Crippen molar-refractivity contribution in [1.82, 2.24) is 4.98 Å². The number of carbonyl (C=O) groups excluding carboxylic acids is 2. The van der Waals surface area contributed by atoms with Crippen LogP contribution in [0, 0.1) is 0 Å². The van der Waals surface area contributed by atoms with Crippen molar-refractivity contribution < 1.29 is 14.3 Å². The Morgan fingerprint density at radius 3 is 2.25 bits per heavy atom. The number of nitrogens with one attached hydrogen (secondary N) is 2. The van der Waals surface area contributed by atoms with E-state index in [1.165, 1.54) is 44.9 Å². The molecule has 0 aliphatic rings. The Hall–Kier alpha value is -2.30. The van der Waals surface area contributed by atoms with Crippen molar-refractivity contribution in [2.75, 3.05) is 11.9 Å². The normalized spacial score (nSPS) is 10.9. The van der Waals surface area contributed by atoms with Crippen LogP contribution in [0.1, 0.15) is 88.5 Å². The molecule has 2 N–H and O–H groups in total. The number of anilines is 1. The summed E-state index contributed by atoms with van der Waals surface area (Å²) >= 11 is 0. The number of fused-ring (bicyclic) bond motifs is 1. The van der Waals surface area contributed by atoms with E-state index in [0.29, 0.717) is 24.4 Å². The lowest BCUT2D eigenvalue weighted by atomic mass is 10.1. The highest BCUT2D eigenvalue weighted by Gasteiger charge is 2.20. The summed E-state index contributed by atoms with van der Waals surface area (Å²) in [5, 5.41) is 3.75. The highest BCUT2D eigenvalue weighted by Crippen LogP contribution is 2.28. The summed E-state index contributed by atoms with van der Waals surface area (Å²) in [4.78, 5) is 27.7. The Morgan fingerprint density at radius 2 is 1.57 bits per heavy atom. The van der Waals surface area contributed by atoms with Gasteiger partial charge in [0.15, 0.2) is 0 Å². The van der Waals surface area contributed by atoms with Crippen LogP contribution >= 0.6 is 0 Å². The summed E-state index contributed by atoms with van der Waals surface area (Å²) < 4.78 is 5.12. The Bertz CT molecular complexity index is 751. The Kier molecular flexibility index (Phi) is 9.60. The number of para-hydroxylation sites is 1. The summed E-state index contributed by atoms with van der Waals surface area (Å²) in [6, 6.07) is 7.56. The van der Waals surface area contributed by atoms with Gasteiger partial charge in [0.05, 0.1) is 12.3 Å². The van der Waals surface area contributed by atoms with Gasteiger partial charge in [0.25, 0.3) is 0 Å². The van der Waals surface area contributed by atoms with Crippen molar-refractivity contribution in [2.45, 2.75) is 78.1 Å². The van der Waals surface area contributed by atoms with Gasteiger partial charge in [-0.1, -0.05) is 76.5 Å². The van der Waals surface area contributed by atoms with E-state index in [-0.39, 0.29) is 5.91 Å². The molecule has 0 saturated heterocycles. The molecule has 0 radical (unpaired) electrons. The predicted molar refractivity (Wildman–Crippen MR) is 115 cm³/mol. The van der Waals surface area contributed by atoms with E-state index in [4.69, 9.17) is 4.74 Å². The van der Waals surface area contributed by atoms with Crippen molar-refractivity contribution in [3.63, 3.8) is 0 Å². The van der Waals surface area contributed by atoms with Crippen LogP contribution in [0.3, 0.4) is 0 Å². The molecule has 0 aliphatic carbocycles. The molecule has 0 fully saturated rings. The van der Waals surface area contributed by atoms with Gasteiger partial charge in [-0.25, -0.2) is 4.79 Å². The zero-order chi connectivity index (χ0) is 20.2. The monoisotopic (exact) mass is 386 g/mol. The van der Waals surface area contributed by atoms with Crippen molar-refractivity contribution in [2.24, 2.45) is 0 Å². The maximum atomic E-state index is 12.4. The quantitative estimate of drug-likeness (QED) is 0.318. The summed E-state index contributed by atoms with van der Waals surface area (Å²) in [5.74, 6) is -0.504. The van der Waals surface area contributed by atoms with Crippen LogP contribution in [0.4, 0.5) is 5.69 Å².